The maximum Gasteiger partial charge on any atom is 0.225 e. The lowest BCUT2D eigenvalue weighted by molar-refractivity contribution is -0.138. The van der Waals surface area contributed by atoms with Crippen LogP contribution in [-0.2, 0) is 23.1 Å². The minimum Gasteiger partial charge on any atom is -0.341 e. The van der Waals surface area contributed by atoms with Crippen molar-refractivity contribution in [2.75, 3.05) is 26.2 Å². The van der Waals surface area contributed by atoms with E-state index in [0.29, 0.717) is 31.8 Å². The zero-order chi connectivity index (χ0) is 16.2. The summed E-state index contributed by atoms with van der Waals surface area (Å²) < 4.78 is 1.84. The highest BCUT2D eigenvalue weighted by molar-refractivity contribution is 5.80. The molecular formula is C16H25N5O2. The van der Waals surface area contributed by atoms with Gasteiger partial charge in [-0.25, -0.2) is 0 Å². The van der Waals surface area contributed by atoms with Crippen molar-refractivity contribution < 1.29 is 9.59 Å². The summed E-state index contributed by atoms with van der Waals surface area (Å²) in [4.78, 5) is 28.6. The van der Waals surface area contributed by atoms with E-state index in [0.717, 1.165) is 38.2 Å². The molecule has 0 atom stereocenters. The number of rotatable bonds is 4. The number of hydrogen-bond acceptors (Lipinski definition) is 4. The van der Waals surface area contributed by atoms with Crippen molar-refractivity contribution in [1.82, 2.24) is 24.6 Å². The lowest BCUT2D eigenvalue weighted by atomic mass is 9.84. The summed E-state index contributed by atoms with van der Waals surface area (Å²) in [5.41, 5.74) is 0. The van der Waals surface area contributed by atoms with Crippen molar-refractivity contribution >= 4 is 11.8 Å². The van der Waals surface area contributed by atoms with Gasteiger partial charge in [0.05, 0.1) is 0 Å². The van der Waals surface area contributed by atoms with Crippen LogP contribution in [0.15, 0.2) is 6.33 Å². The first-order valence-electron chi connectivity index (χ1n) is 8.54. The molecule has 0 spiro atoms. The van der Waals surface area contributed by atoms with E-state index in [-0.39, 0.29) is 11.8 Å². The van der Waals surface area contributed by atoms with Gasteiger partial charge in [0, 0.05) is 52.0 Å². The Morgan fingerprint density at radius 2 is 1.87 bits per heavy atom. The minimum absolute atomic E-state index is 0.144. The lowest BCUT2D eigenvalue weighted by Crippen LogP contribution is -2.41. The second kappa shape index (κ2) is 7.10. The Labute approximate surface area is 136 Å². The first kappa shape index (κ1) is 16.0. The number of carbonyl (C=O) groups excluding carboxylic acids is 2. The van der Waals surface area contributed by atoms with Crippen molar-refractivity contribution in [2.45, 2.75) is 38.5 Å². The van der Waals surface area contributed by atoms with Crippen molar-refractivity contribution in [1.29, 1.82) is 0 Å². The first-order valence-corrected chi connectivity index (χ1v) is 8.54. The summed E-state index contributed by atoms with van der Waals surface area (Å²) in [6.07, 6.45) is 6.83. The Balaban J connectivity index is 1.48. The minimum atomic E-state index is 0.144. The molecule has 7 heteroatoms. The monoisotopic (exact) mass is 319 g/mol. The average Bonchev–Trinajstić information content (AvgIpc) is 2.74. The quantitative estimate of drug-likeness (QED) is 0.815. The number of hydrogen-bond donors (Lipinski definition) is 0. The summed E-state index contributed by atoms with van der Waals surface area (Å²) in [6, 6.07) is 0. The fourth-order valence-electron chi connectivity index (χ4n) is 3.21. The van der Waals surface area contributed by atoms with Crippen LogP contribution >= 0.6 is 0 Å². The summed E-state index contributed by atoms with van der Waals surface area (Å²) in [7, 11) is 1.88. The molecule has 2 aliphatic rings. The van der Waals surface area contributed by atoms with Gasteiger partial charge in [0.15, 0.2) is 0 Å². The average molecular weight is 319 g/mol. The van der Waals surface area contributed by atoms with E-state index in [4.69, 9.17) is 0 Å². The summed E-state index contributed by atoms with van der Waals surface area (Å²) in [5, 5.41) is 7.84. The van der Waals surface area contributed by atoms with Gasteiger partial charge < -0.3 is 14.4 Å². The van der Waals surface area contributed by atoms with Gasteiger partial charge in [0.25, 0.3) is 0 Å². The first-order chi connectivity index (χ1) is 11.1. The van der Waals surface area contributed by atoms with Crippen LogP contribution < -0.4 is 0 Å². The molecule has 1 aromatic heterocycles. The SMILES string of the molecule is Cn1cnnc1CCC(=O)N1CCCN(C(=O)C2CCC2)CC1. The maximum absolute atomic E-state index is 12.4. The van der Waals surface area contributed by atoms with Gasteiger partial charge >= 0.3 is 0 Å². The molecule has 2 fully saturated rings. The molecule has 0 unspecified atom stereocenters. The van der Waals surface area contributed by atoms with Crippen LogP contribution in [0.1, 0.15) is 37.9 Å². The van der Waals surface area contributed by atoms with Gasteiger partial charge in [0.2, 0.25) is 11.8 Å². The topological polar surface area (TPSA) is 71.3 Å². The van der Waals surface area contributed by atoms with Gasteiger partial charge in [-0.05, 0) is 19.3 Å². The van der Waals surface area contributed by atoms with E-state index < -0.39 is 0 Å². The molecule has 126 valence electrons. The largest absolute Gasteiger partial charge is 0.341 e. The smallest absolute Gasteiger partial charge is 0.225 e. The fourth-order valence-corrected chi connectivity index (χ4v) is 3.21. The molecule has 0 bridgehead atoms. The Hall–Kier alpha value is -1.92. The van der Waals surface area contributed by atoms with Crippen LogP contribution in [0.25, 0.3) is 0 Å². The molecule has 2 heterocycles. The third kappa shape index (κ3) is 3.71. The van der Waals surface area contributed by atoms with Gasteiger partial charge in [-0.1, -0.05) is 6.42 Å². The molecule has 0 aromatic carbocycles. The standard InChI is InChI=1S/C16H25N5O2/c1-19-12-17-18-14(19)6-7-15(22)20-8-3-9-21(11-10-20)16(23)13-4-2-5-13/h12-13H,2-11H2,1H3. The highest BCUT2D eigenvalue weighted by Gasteiger charge is 2.30. The second-order valence-electron chi connectivity index (χ2n) is 6.55. The zero-order valence-corrected chi connectivity index (χ0v) is 13.8. The van der Waals surface area contributed by atoms with Gasteiger partial charge in [-0.3, -0.25) is 9.59 Å². The van der Waals surface area contributed by atoms with Gasteiger partial charge in [-0.15, -0.1) is 10.2 Å². The van der Waals surface area contributed by atoms with E-state index in [9.17, 15) is 9.59 Å². The molecule has 3 rings (SSSR count). The normalized spacial score (nSPS) is 19.3. The number of aromatic nitrogens is 3. The molecule has 23 heavy (non-hydrogen) atoms. The van der Waals surface area contributed by atoms with Crippen LogP contribution in [0.5, 0.6) is 0 Å². The van der Waals surface area contributed by atoms with E-state index in [1.807, 2.05) is 21.4 Å². The highest BCUT2D eigenvalue weighted by atomic mass is 16.2. The molecule has 1 aromatic rings. The van der Waals surface area contributed by atoms with Crippen molar-refractivity contribution in [3.05, 3.63) is 12.2 Å². The predicted octanol–water partition coefficient (Wildman–Crippen LogP) is 0.609. The van der Waals surface area contributed by atoms with E-state index in [1.165, 1.54) is 6.42 Å². The Bertz CT molecular complexity index is 567. The summed E-state index contributed by atoms with van der Waals surface area (Å²) in [5.74, 6) is 1.51. The molecule has 1 aliphatic carbocycles. The summed E-state index contributed by atoms with van der Waals surface area (Å²) >= 11 is 0. The molecule has 2 amide bonds. The molecule has 1 saturated heterocycles. The number of aryl methyl sites for hydroxylation is 2. The molecule has 1 aliphatic heterocycles. The van der Waals surface area contributed by atoms with Crippen LogP contribution in [0.4, 0.5) is 0 Å². The number of nitrogens with zero attached hydrogens (tertiary/aromatic N) is 5. The highest BCUT2D eigenvalue weighted by Crippen LogP contribution is 2.28. The van der Waals surface area contributed by atoms with Crippen LogP contribution in [0.3, 0.4) is 0 Å². The van der Waals surface area contributed by atoms with E-state index in [2.05, 4.69) is 10.2 Å². The van der Waals surface area contributed by atoms with E-state index >= 15 is 0 Å². The molecule has 7 nitrogen and oxygen atoms in total. The van der Waals surface area contributed by atoms with Crippen LogP contribution in [0, 0.1) is 5.92 Å². The lowest BCUT2D eigenvalue weighted by Gasteiger charge is -2.31. The number of amides is 2. The second-order valence-corrected chi connectivity index (χ2v) is 6.55. The molecule has 0 N–H and O–H groups in total. The molecule has 0 radical (unpaired) electrons. The van der Waals surface area contributed by atoms with Gasteiger partial charge in [0.1, 0.15) is 12.2 Å². The number of carbonyl (C=O) groups is 2. The van der Waals surface area contributed by atoms with Crippen molar-refractivity contribution in [2.24, 2.45) is 13.0 Å². The maximum atomic E-state index is 12.4. The Morgan fingerprint density at radius 1 is 1.13 bits per heavy atom. The predicted molar refractivity (Wildman–Crippen MR) is 84.4 cm³/mol. The molecule has 1 saturated carbocycles. The van der Waals surface area contributed by atoms with Gasteiger partial charge in [-0.2, -0.15) is 0 Å². The fraction of sp³-hybridized carbons (Fsp3) is 0.750. The Morgan fingerprint density at radius 3 is 2.52 bits per heavy atom. The van der Waals surface area contributed by atoms with Crippen molar-refractivity contribution in [3.8, 4) is 0 Å². The zero-order valence-electron chi connectivity index (χ0n) is 13.8. The van der Waals surface area contributed by atoms with Crippen LogP contribution in [0.2, 0.25) is 0 Å². The van der Waals surface area contributed by atoms with E-state index in [1.54, 1.807) is 6.33 Å². The van der Waals surface area contributed by atoms with Crippen LogP contribution in [-0.4, -0.2) is 62.6 Å². The third-order valence-electron chi connectivity index (χ3n) is 4.98. The Kier molecular flexibility index (Phi) is 4.93. The van der Waals surface area contributed by atoms with Crippen molar-refractivity contribution in [3.63, 3.8) is 0 Å². The third-order valence-corrected chi connectivity index (χ3v) is 4.98. The molecular weight excluding hydrogens is 294 g/mol. The summed E-state index contributed by atoms with van der Waals surface area (Å²) in [6.45, 7) is 2.84.